The predicted molar refractivity (Wildman–Crippen MR) is 108 cm³/mol. The molecule has 0 rings (SSSR count). The number of unbranched alkanes of at least 4 members (excludes halogenated alkanes) is 5. The van der Waals surface area contributed by atoms with Gasteiger partial charge in [0.05, 0.1) is 72.2 Å². The number of hydrogen-bond acceptors (Lipinski definition) is 6. The summed E-state index contributed by atoms with van der Waals surface area (Å²) in [5.41, 5.74) is 0. The van der Waals surface area contributed by atoms with Gasteiger partial charge in [0, 0.05) is 0 Å². The van der Waals surface area contributed by atoms with Gasteiger partial charge < -0.3 is 28.8 Å². The van der Waals surface area contributed by atoms with Crippen LogP contribution < -0.4 is 0 Å². The summed E-state index contributed by atoms with van der Waals surface area (Å²) in [7, 11) is 0. The summed E-state index contributed by atoms with van der Waals surface area (Å²) < 4.78 is 27.3. The summed E-state index contributed by atoms with van der Waals surface area (Å²) in [6.45, 7) is 9.40. The lowest BCUT2D eigenvalue weighted by molar-refractivity contribution is -0.0259. The number of aliphatic hydroxyl groups excluding tert-OH is 1. The Balaban J connectivity index is 3.22. The first-order chi connectivity index (χ1) is 13.3. The van der Waals surface area contributed by atoms with Gasteiger partial charge in [-0.2, -0.15) is 0 Å². The average Bonchev–Trinajstić information content (AvgIpc) is 2.69. The van der Waals surface area contributed by atoms with E-state index in [0.29, 0.717) is 65.6 Å². The average molecular weight is 393 g/mol. The van der Waals surface area contributed by atoms with Crippen LogP contribution in [0.15, 0.2) is 0 Å². The van der Waals surface area contributed by atoms with Crippen molar-refractivity contribution in [1.29, 1.82) is 0 Å². The molecule has 0 saturated carbocycles. The van der Waals surface area contributed by atoms with Crippen molar-refractivity contribution in [3.8, 4) is 0 Å². The molecule has 27 heavy (non-hydrogen) atoms. The third-order valence-corrected chi connectivity index (χ3v) is 4.27. The lowest BCUT2D eigenvalue weighted by Crippen LogP contribution is -2.17. The van der Waals surface area contributed by atoms with Gasteiger partial charge in [0.15, 0.2) is 0 Å². The molecule has 0 spiro atoms. The molecule has 1 atom stereocenters. The van der Waals surface area contributed by atoms with E-state index in [1.165, 1.54) is 38.5 Å². The summed E-state index contributed by atoms with van der Waals surface area (Å²) in [6, 6.07) is 0. The number of hydrogen-bond donors (Lipinski definition) is 1. The van der Waals surface area contributed by atoms with E-state index in [9.17, 15) is 0 Å². The summed E-state index contributed by atoms with van der Waals surface area (Å²) in [6.07, 6.45) is 10.6. The van der Waals surface area contributed by atoms with E-state index >= 15 is 0 Å². The minimum Gasteiger partial charge on any atom is -0.394 e. The largest absolute Gasteiger partial charge is 0.394 e. The van der Waals surface area contributed by atoms with Crippen LogP contribution in [0.5, 0.6) is 0 Å². The first kappa shape index (κ1) is 26.8. The van der Waals surface area contributed by atoms with Crippen molar-refractivity contribution < 1.29 is 28.8 Å². The van der Waals surface area contributed by atoms with Crippen LogP contribution in [-0.4, -0.2) is 77.3 Å². The first-order valence-electron chi connectivity index (χ1n) is 10.9. The van der Waals surface area contributed by atoms with Gasteiger partial charge in [0.1, 0.15) is 0 Å². The van der Waals surface area contributed by atoms with Crippen molar-refractivity contribution in [2.45, 2.75) is 71.3 Å². The van der Waals surface area contributed by atoms with Gasteiger partial charge in [0.25, 0.3) is 0 Å². The van der Waals surface area contributed by atoms with Crippen LogP contribution in [-0.2, 0) is 23.7 Å². The summed E-state index contributed by atoms with van der Waals surface area (Å²) in [4.78, 5) is 0. The minimum absolute atomic E-state index is 0.0480. The predicted octanol–water partition coefficient (Wildman–Crippen LogP) is 3.59. The third-order valence-electron chi connectivity index (χ3n) is 4.27. The van der Waals surface area contributed by atoms with Crippen molar-refractivity contribution in [3.63, 3.8) is 0 Å². The molecule has 0 amide bonds. The Morgan fingerprint density at radius 1 is 0.593 bits per heavy atom. The van der Waals surface area contributed by atoms with Crippen molar-refractivity contribution in [2.75, 3.05) is 66.1 Å². The molecule has 1 N–H and O–H groups in total. The van der Waals surface area contributed by atoms with Gasteiger partial charge in [-0.05, 0) is 12.8 Å². The van der Waals surface area contributed by atoms with E-state index in [2.05, 4.69) is 13.8 Å². The zero-order chi connectivity index (χ0) is 19.8. The highest BCUT2D eigenvalue weighted by atomic mass is 16.6. The van der Waals surface area contributed by atoms with Gasteiger partial charge in [0.2, 0.25) is 0 Å². The van der Waals surface area contributed by atoms with Gasteiger partial charge in [-0.25, -0.2) is 0 Å². The Hall–Kier alpha value is -0.240. The van der Waals surface area contributed by atoms with Crippen LogP contribution in [0.1, 0.15) is 65.2 Å². The SMILES string of the molecule is CCCCCCCCC(CC)OCCOCCOCCOCCOCCO. The Kier molecular flexibility index (Phi) is 23.6. The van der Waals surface area contributed by atoms with E-state index in [1.807, 2.05) is 0 Å². The maximum Gasteiger partial charge on any atom is 0.0704 e. The maximum absolute atomic E-state index is 8.55. The van der Waals surface area contributed by atoms with Crippen LogP contribution in [0.2, 0.25) is 0 Å². The van der Waals surface area contributed by atoms with Crippen LogP contribution >= 0.6 is 0 Å². The lowest BCUT2D eigenvalue weighted by atomic mass is 10.1. The Morgan fingerprint density at radius 2 is 1.07 bits per heavy atom. The topological polar surface area (TPSA) is 66.4 Å². The zero-order valence-electron chi connectivity index (χ0n) is 17.8. The highest BCUT2D eigenvalue weighted by Crippen LogP contribution is 2.12. The Labute approximate surface area is 166 Å². The molecule has 0 aromatic heterocycles. The summed E-state index contributed by atoms with van der Waals surface area (Å²) >= 11 is 0. The zero-order valence-corrected chi connectivity index (χ0v) is 17.8. The Bertz CT molecular complexity index is 265. The molecule has 0 aliphatic carbocycles. The van der Waals surface area contributed by atoms with E-state index in [0.717, 1.165) is 12.8 Å². The molecule has 0 radical (unpaired) electrons. The minimum atomic E-state index is 0.0480. The van der Waals surface area contributed by atoms with E-state index in [4.69, 9.17) is 28.8 Å². The number of rotatable bonds is 23. The second kappa shape index (κ2) is 23.8. The summed E-state index contributed by atoms with van der Waals surface area (Å²) in [5, 5.41) is 8.55. The lowest BCUT2D eigenvalue weighted by Gasteiger charge is -2.16. The van der Waals surface area contributed by atoms with Crippen molar-refractivity contribution in [2.24, 2.45) is 0 Å². The van der Waals surface area contributed by atoms with Crippen LogP contribution in [0.25, 0.3) is 0 Å². The van der Waals surface area contributed by atoms with Gasteiger partial charge >= 0.3 is 0 Å². The quantitative estimate of drug-likeness (QED) is 0.268. The number of ether oxygens (including phenoxy) is 5. The van der Waals surface area contributed by atoms with Crippen molar-refractivity contribution >= 4 is 0 Å². The fraction of sp³-hybridized carbons (Fsp3) is 1.00. The van der Waals surface area contributed by atoms with E-state index < -0.39 is 0 Å². The second-order valence-electron chi connectivity index (χ2n) is 6.63. The smallest absolute Gasteiger partial charge is 0.0704 e. The van der Waals surface area contributed by atoms with Gasteiger partial charge in [-0.3, -0.25) is 0 Å². The standard InChI is InChI=1S/C21H44O6/c1-3-5-6-7-8-9-10-21(4-2)27-20-19-26-18-17-25-16-15-24-14-13-23-12-11-22/h21-22H,3-20H2,1-2H3. The molecule has 0 saturated heterocycles. The molecule has 164 valence electrons. The second-order valence-corrected chi connectivity index (χ2v) is 6.63. The highest BCUT2D eigenvalue weighted by Gasteiger charge is 2.06. The molecular weight excluding hydrogens is 348 g/mol. The molecule has 0 bridgehead atoms. The normalized spacial score (nSPS) is 12.6. The molecular formula is C21H44O6. The van der Waals surface area contributed by atoms with Gasteiger partial charge in [-0.15, -0.1) is 0 Å². The monoisotopic (exact) mass is 392 g/mol. The molecule has 0 aromatic carbocycles. The molecule has 0 aromatic rings. The maximum atomic E-state index is 8.55. The molecule has 0 heterocycles. The molecule has 1 unspecified atom stereocenters. The van der Waals surface area contributed by atoms with E-state index in [-0.39, 0.29) is 6.61 Å². The van der Waals surface area contributed by atoms with Crippen molar-refractivity contribution in [1.82, 2.24) is 0 Å². The van der Waals surface area contributed by atoms with Crippen LogP contribution in [0.3, 0.4) is 0 Å². The molecule has 0 fully saturated rings. The molecule has 6 heteroatoms. The summed E-state index contributed by atoms with van der Waals surface area (Å²) in [5.74, 6) is 0. The van der Waals surface area contributed by atoms with Crippen molar-refractivity contribution in [3.05, 3.63) is 0 Å². The fourth-order valence-electron chi connectivity index (χ4n) is 2.66. The molecule has 6 nitrogen and oxygen atoms in total. The van der Waals surface area contributed by atoms with E-state index in [1.54, 1.807) is 0 Å². The highest BCUT2D eigenvalue weighted by molar-refractivity contribution is 4.56. The number of aliphatic hydroxyl groups is 1. The molecule has 0 aliphatic heterocycles. The van der Waals surface area contributed by atoms with Crippen LogP contribution in [0.4, 0.5) is 0 Å². The first-order valence-corrected chi connectivity index (χ1v) is 10.9. The molecule has 0 aliphatic rings. The Morgan fingerprint density at radius 3 is 1.59 bits per heavy atom. The van der Waals surface area contributed by atoms with Gasteiger partial charge in [-0.1, -0.05) is 52.4 Å². The fourth-order valence-corrected chi connectivity index (χ4v) is 2.66. The third kappa shape index (κ3) is 21.9. The van der Waals surface area contributed by atoms with Crippen LogP contribution in [0, 0.1) is 0 Å².